The van der Waals surface area contributed by atoms with Crippen LogP contribution in [0.4, 0.5) is 5.82 Å². The smallest absolute Gasteiger partial charge is 0.126 e. The van der Waals surface area contributed by atoms with Crippen LogP contribution in [-0.2, 0) is 0 Å². The molecule has 2 aliphatic rings. The predicted octanol–water partition coefficient (Wildman–Crippen LogP) is 2.99. The van der Waals surface area contributed by atoms with Crippen molar-refractivity contribution in [1.82, 2.24) is 4.98 Å². The number of aryl methyl sites for hydroxylation is 1. The van der Waals surface area contributed by atoms with Gasteiger partial charge in [-0.1, -0.05) is 6.07 Å². The number of anilines is 1. The highest BCUT2D eigenvalue weighted by atomic mass is 15.0. The Morgan fingerprint density at radius 1 is 1.40 bits per heavy atom. The number of rotatable bonds is 4. The molecular weight excluding hydrogens is 184 g/mol. The number of nitrogens with one attached hydrogen (secondary N) is 1. The fourth-order valence-electron chi connectivity index (χ4n) is 2.49. The van der Waals surface area contributed by atoms with Crippen LogP contribution in [0.15, 0.2) is 18.2 Å². The van der Waals surface area contributed by atoms with Crippen molar-refractivity contribution in [3.8, 4) is 0 Å². The third-order valence-corrected chi connectivity index (χ3v) is 3.85. The zero-order valence-corrected chi connectivity index (χ0v) is 9.29. The summed E-state index contributed by atoms with van der Waals surface area (Å²) in [7, 11) is 0. The Morgan fingerprint density at radius 3 is 2.80 bits per heavy atom. The molecule has 0 spiro atoms. The van der Waals surface area contributed by atoms with E-state index in [-0.39, 0.29) is 0 Å². The largest absolute Gasteiger partial charge is 0.369 e. The number of hydrogen-bond acceptors (Lipinski definition) is 2. The van der Waals surface area contributed by atoms with Gasteiger partial charge >= 0.3 is 0 Å². The predicted molar refractivity (Wildman–Crippen MR) is 61.9 cm³/mol. The molecule has 3 rings (SSSR count). The van der Waals surface area contributed by atoms with Crippen LogP contribution in [0.1, 0.15) is 31.4 Å². The summed E-state index contributed by atoms with van der Waals surface area (Å²) in [5.74, 6) is 2.07. The van der Waals surface area contributed by atoms with E-state index in [0.29, 0.717) is 5.41 Å². The van der Waals surface area contributed by atoms with Crippen molar-refractivity contribution in [3.05, 3.63) is 23.9 Å². The zero-order valence-electron chi connectivity index (χ0n) is 9.29. The second-order valence-electron chi connectivity index (χ2n) is 5.15. The summed E-state index contributed by atoms with van der Waals surface area (Å²) in [6, 6.07) is 6.18. The second-order valence-corrected chi connectivity index (χ2v) is 5.15. The Bertz CT molecular complexity index is 365. The molecule has 0 aliphatic heterocycles. The minimum atomic E-state index is 0.658. The van der Waals surface area contributed by atoms with Crippen molar-refractivity contribution >= 4 is 5.82 Å². The molecule has 0 atom stereocenters. The standard InChI is InChI=1S/C13H18N2/c1-10-3-2-4-12(15-10)14-9-13(7-8-13)11-5-6-11/h2-4,11H,5-9H2,1H3,(H,14,15). The average molecular weight is 202 g/mol. The summed E-state index contributed by atoms with van der Waals surface area (Å²) in [4.78, 5) is 4.47. The van der Waals surface area contributed by atoms with E-state index in [1.165, 1.54) is 25.7 Å². The van der Waals surface area contributed by atoms with E-state index >= 15 is 0 Å². The van der Waals surface area contributed by atoms with Crippen LogP contribution in [0, 0.1) is 18.3 Å². The first-order valence-corrected chi connectivity index (χ1v) is 5.96. The van der Waals surface area contributed by atoms with Gasteiger partial charge in [0, 0.05) is 12.2 Å². The highest BCUT2D eigenvalue weighted by Gasteiger charge is 2.53. The normalized spacial score (nSPS) is 22.5. The van der Waals surface area contributed by atoms with Gasteiger partial charge in [0.25, 0.3) is 0 Å². The Labute approximate surface area is 91.1 Å². The van der Waals surface area contributed by atoms with Gasteiger partial charge in [-0.2, -0.15) is 0 Å². The molecule has 2 nitrogen and oxygen atoms in total. The van der Waals surface area contributed by atoms with Gasteiger partial charge in [-0.25, -0.2) is 4.98 Å². The topological polar surface area (TPSA) is 24.9 Å². The van der Waals surface area contributed by atoms with Gasteiger partial charge in [-0.3, -0.25) is 0 Å². The van der Waals surface area contributed by atoms with E-state index in [0.717, 1.165) is 24.0 Å². The molecule has 15 heavy (non-hydrogen) atoms. The van der Waals surface area contributed by atoms with E-state index in [2.05, 4.69) is 22.4 Å². The molecule has 2 heteroatoms. The van der Waals surface area contributed by atoms with Crippen molar-refractivity contribution in [2.75, 3.05) is 11.9 Å². The van der Waals surface area contributed by atoms with E-state index in [4.69, 9.17) is 0 Å². The molecule has 0 radical (unpaired) electrons. The molecule has 0 unspecified atom stereocenters. The maximum atomic E-state index is 4.47. The lowest BCUT2D eigenvalue weighted by Gasteiger charge is -2.15. The van der Waals surface area contributed by atoms with Crippen LogP contribution in [0.3, 0.4) is 0 Å². The van der Waals surface area contributed by atoms with E-state index in [9.17, 15) is 0 Å². The lowest BCUT2D eigenvalue weighted by Crippen LogP contribution is -2.17. The summed E-state index contributed by atoms with van der Waals surface area (Å²) < 4.78 is 0. The lowest BCUT2D eigenvalue weighted by atomic mass is 10.0. The van der Waals surface area contributed by atoms with Gasteiger partial charge in [0.15, 0.2) is 0 Å². The minimum absolute atomic E-state index is 0.658. The Morgan fingerprint density at radius 2 is 2.20 bits per heavy atom. The number of hydrogen-bond donors (Lipinski definition) is 1. The van der Waals surface area contributed by atoms with Crippen molar-refractivity contribution in [2.45, 2.75) is 32.6 Å². The van der Waals surface area contributed by atoms with Crippen molar-refractivity contribution in [2.24, 2.45) is 11.3 Å². The Kier molecular flexibility index (Phi) is 1.98. The van der Waals surface area contributed by atoms with E-state index < -0.39 is 0 Å². The van der Waals surface area contributed by atoms with E-state index in [1.807, 2.05) is 13.0 Å². The third kappa shape index (κ3) is 1.85. The molecule has 80 valence electrons. The van der Waals surface area contributed by atoms with Crippen molar-refractivity contribution in [3.63, 3.8) is 0 Å². The average Bonchev–Trinajstić information content (AvgIpc) is 3.08. The lowest BCUT2D eigenvalue weighted by molar-refractivity contribution is 0.466. The molecular formula is C13H18N2. The molecule has 2 aliphatic carbocycles. The Hall–Kier alpha value is -1.05. The quantitative estimate of drug-likeness (QED) is 0.812. The van der Waals surface area contributed by atoms with Gasteiger partial charge in [-0.15, -0.1) is 0 Å². The van der Waals surface area contributed by atoms with Gasteiger partial charge < -0.3 is 5.32 Å². The minimum Gasteiger partial charge on any atom is -0.369 e. The molecule has 2 fully saturated rings. The van der Waals surface area contributed by atoms with Crippen LogP contribution in [0.2, 0.25) is 0 Å². The molecule has 2 saturated carbocycles. The summed E-state index contributed by atoms with van der Waals surface area (Å²) in [6.07, 6.45) is 5.78. The molecule has 0 bridgehead atoms. The second kappa shape index (κ2) is 3.22. The van der Waals surface area contributed by atoms with Crippen LogP contribution in [0.5, 0.6) is 0 Å². The summed E-state index contributed by atoms with van der Waals surface area (Å²) in [5, 5.41) is 3.50. The van der Waals surface area contributed by atoms with Crippen molar-refractivity contribution < 1.29 is 0 Å². The van der Waals surface area contributed by atoms with Crippen LogP contribution < -0.4 is 5.32 Å². The van der Waals surface area contributed by atoms with Crippen LogP contribution in [0.25, 0.3) is 0 Å². The zero-order chi connectivity index (χ0) is 10.3. The molecule has 1 heterocycles. The van der Waals surface area contributed by atoms with Crippen molar-refractivity contribution in [1.29, 1.82) is 0 Å². The SMILES string of the molecule is Cc1cccc(NCC2(C3CC3)CC2)n1. The first-order valence-electron chi connectivity index (χ1n) is 5.96. The van der Waals surface area contributed by atoms with E-state index in [1.54, 1.807) is 0 Å². The monoisotopic (exact) mass is 202 g/mol. The Balaban J connectivity index is 1.61. The molecule has 0 aromatic carbocycles. The van der Waals surface area contributed by atoms with Gasteiger partial charge in [0.2, 0.25) is 0 Å². The van der Waals surface area contributed by atoms with Gasteiger partial charge in [0.05, 0.1) is 0 Å². The highest BCUT2D eigenvalue weighted by molar-refractivity contribution is 5.36. The fourth-order valence-corrected chi connectivity index (χ4v) is 2.49. The first-order chi connectivity index (χ1) is 7.28. The van der Waals surface area contributed by atoms with Crippen LogP contribution in [-0.4, -0.2) is 11.5 Å². The molecule has 1 N–H and O–H groups in total. The summed E-state index contributed by atoms with van der Waals surface area (Å²) in [6.45, 7) is 3.17. The molecule has 1 aromatic heterocycles. The maximum absolute atomic E-state index is 4.47. The summed E-state index contributed by atoms with van der Waals surface area (Å²) >= 11 is 0. The first kappa shape index (κ1) is 9.20. The number of pyridine rings is 1. The maximum Gasteiger partial charge on any atom is 0.126 e. The molecule has 1 aromatic rings. The van der Waals surface area contributed by atoms with Crippen LogP contribution >= 0.6 is 0 Å². The molecule has 0 saturated heterocycles. The van der Waals surface area contributed by atoms with Gasteiger partial charge in [-0.05, 0) is 56.1 Å². The number of aromatic nitrogens is 1. The van der Waals surface area contributed by atoms with Gasteiger partial charge in [0.1, 0.15) is 5.82 Å². The molecule has 0 amide bonds. The fraction of sp³-hybridized carbons (Fsp3) is 0.615. The summed E-state index contributed by atoms with van der Waals surface area (Å²) in [5.41, 5.74) is 1.75. The highest BCUT2D eigenvalue weighted by Crippen LogP contribution is 2.61. The third-order valence-electron chi connectivity index (χ3n) is 3.85. The number of nitrogens with zero attached hydrogens (tertiary/aromatic N) is 1.